The number of carbonyl (C=O) groups is 2. The van der Waals surface area contributed by atoms with Crippen molar-refractivity contribution >= 4 is 51.9 Å². The number of aliphatic carboxylic acids is 1. The van der Waals surface area contributed by atoms with Gasteiger partial charge in [0.1, 0.15) is 11.5 Å². The van der Waals surface area contributed by atoms with Crippen LogP contribution >= 0.6 is 24.0 Å². The van der Waals surface area contributed by atoms with E-state index in [1.807, 2.05) is 0 Å². The highest BCUT2D eigenvalue weighted by Gasteiger charge is 2.33. The van der Waals surface area contributed by atoms with Crippen molar-refractivity contribution < 1.29 is 24.2 Å². The van der Waals surface area contributed by atoms with Gasteiger partial charge in [-0.1, -0.05) is 42.2 Å². The highest BCUT2D eigenvalue weighted by atomic mass is 32.2. The Labute approximate surface area is 171 Å². The molecule has 2 aromatic carbocycles. The number of carboxylic acids is 1. The number of amides is 1. The number of methoxy groups -OCH3 is 1. The van der Waals surface area contributed by atoms with Crippen LogP contribution in [0.4, 0.5) is 5.69 Å². The molecule has 1 aliphatic heterocycles. The first-order valence-electron chi connectivity index (χ1n) is 8.30. The second-order valence-corrected chi connectivity index (χ2v) is 7.57. The summed E-state index contributed by atoms with van der Waals surface area (Å²) in [5, 5.41) is 8.97. The van der Waals surface area contributed by atoms with Gasteiger partial charge in [0.25, 0.3) is 5.91 Å². The van der Waals surface area contributed by atoms with Crippen molar-refractivity contribution in [1.29, 1.82) is 0 Å². The third-order valence-corrected chi connectivity index (χ3v) is 5.22. The fraction of sp³-hybridized carbons (Fsp3) is 0.150. The molecule has 0 radical (unpaired) electrons. The molecule has 3 rings (SSSR count). The lowest BCUT2D eigenvalue weighted by Crippen LogP contribution is -2.27. The zero-order valence-corrected chi connectivity index (χ0v) is 16.8. The van der Waals surface area contributed by atoms with Crippen molar-refractivity contribution in [1.82, 2.24) is 0 Å². The summed E-state index contributed by atoms with van der Waals surface area (Å²) in [5.41, 5.74) is 1.35. The molecule has 1 aliphatic rings. The summed E-state index contributed by atoms with van der Waals surface area (Å²) in [7, 11) is 1.56. The Kier molecular flexibility index (Phi) is 6.01. The van der Waals surface area contributed by atoms with Crippen LogP contribution in [-0.2, 0) is 9.59 Å². The normalized spacial score (nSPS) is 16.4. The maximum Gasteiger partial charge on any atom is 0.344 e. The molecule has 28 heavy (non-hydrogen) atoms. The molecule has 1 atom stereocenters. The smallest absolute Gasteiger partial charge is 0.344 e. The summed E-state index contributed by atoms with van der Waals surface area (Å²) in [5.74, 6) is -0.238. The molecule has 0 aromatic heterocycles. The van der Waals surface area contributed by atoms with Gasteiger partial charge in [-0.3, -0.25) is 9.69 Å². The molecule has 0 saturated carbocycles. The monoisotopic (exact) mass is 415 g/mol. The number of hydrogen-bond acceptors (Lipinski definition) is 6. The third-order valence-electron chi connectivity index (χ3n) is 3.92. The number of carbonyl (C=O) groups excluding carboxylic acids is 1. The van der Waals surface area contributed by atoms with Crippen LogP contribution in [0.15, 0.2) is 53.4 Å². The van der Waals surface area contributed by atoms with E-state index in [2.05, 4.69) is 0 Å². The van der Waals surface area contributed by atoms with Gasteiger partial charge in [0.15, 0.2) is 10.4 Å². The van der Waals surface area contributed by atoms with Gasteiger partial charge in [-0.05, 0) is 42.8 Å². The number of carboxylic acid groups (broad SMARTS) is 1. The average Bonchev–Trinajstić information content (AvgIpc) is 2.95. The zero-order chi connectivity index (χ0) is 20.3. The molecule has 1 amide bonds. The van der Waals surface area contributed by atoms with Crippen LogP contribution in [0.5, 0.6) is 11.5 Å². The molecule has 8 heteroatoms. The molecule has 1 heterocycles. The SMILES string of the molecule is COc1cccc(N2C(=O)/C(=C\c3cccc(OC(C)C(=O)O)c3)SC2=S)c1. The molecule has 1 saturated heterocycles. The van der Waals surface area contributed by atoms with Crippen molar-refractivity contribution in [2.45, 2.75) is 13.0 Å². The molecule has 1 fully saturated rings. The summed E-state index contributed by atoms with van der Waals surface area (Å²) in [4.78, 5) is 25.7. The number of thiocarbonyl (C=S) groups is 1. The van der Waals surface area contributed by atoms with Crippen LogP contribution in [0.2, 0.25) is 0 Å². The zero-order valence-electron chi connectivity index (χ0n) is 15.1. The summed E-state index contributed by atoms with van der Waals surface area (Å²) in [6, 6.07) is 14.0. The second-order valence-electron chi connectivity index (χ2n) is 5.89. The van der Waals surface area contributed by atoms with Gasteiger partial charge in [-0.15, -0.1) is 0 Å². The van der Waals surface area contributed by atoms with Gasteiger partial charge in [0.2, 0.25) is 0 Å². The van der Waals surface area contributed by atoms with Crippen LogP contribution in [0.3, 0.4) is 0 Å². The Bertz CT molecular complexity index is 973. The first-order valence-corrected chi connectivity index (χ1v) is 9.53. The maximum atomic E-state index is 12.9. The van der Waals surface area contributed by atoms with Crippen molar-refractivity contribution in [3.8, 4) is 11.5 Å². The molecule has 0 spiro atoms. The minimum Gasteiger partial charge on any atom is -0.497 e. The van der Waals surface area contributed by atoms with E-state index in [9.17, 15) is 9.59 Å². The van der Waals surface area contributed by atoms with E-state index in [0.29, 0.717) is 32.0 Å². The number of hydrogen-bond donors (Lipinski definition) is 1. The van der Waals surface area contributed by atoms with Crippen LogP contribution in [0, 0.1) is 0 Å². The quantitative estimate of drug-likeness (QED) is 0.565. The van der Waals surface area contributed by atoms with Crippen LogP contribution in [0.1, 0.15) is 12.5 Å². The summed E-state index contributed by atoms with van der Waals surface area (Å²) in [6.07, 6.45) is 0.735. The van der Waals surface area contributed by atoms with Crippen LogP contribution in [0.25, 0.3) is 6.08 Å². The van der Waals surface area contributed by atoms with E-state index in [1.165, 1.54) is 23.6 Å². The summed E-state index contributed by atoms with van der Waals surface area (Å²) >= 11 is 6.58. The van der Waals surface area contributed by atoms with E-state index < -0.39 is 12.1 Å². The Hall–Kier alpha value is -2.84. The number of ether oxygens (including phenoxy) is 2. The van der Waals surface area contributed by atoms with Crippen molar-refractivity contribution in [2.24, 2.45) is 0 Å². The molecule has 0 aliphatic carbocycles. The number of rotatable bonds is 6. The Morgan fingerprint density at radius 3 is 2.64 bits per heavy atom. The standard InChI is InChI=1S/C20H17NO5S2/c1-12(19(23)24)26-16-8-3-5-13(9-16)10-17-18(22)21(20(27)28-17)14-6-4-7-15(11-14)25-2/h3-12H,1-2H3,(H,23,24)/b17-10+. The first kappa shape index (κ1) is 19.9. The van der Waals surface area contributed by atoms with Gasteiger partial charge in [-0.2, -0.15) is 0 Å². The number of nitrogens with zero attached hydrogens (tertiary/aromatic N) is 1. The molecule has 2 aromatic rings. The molecular formula is C20H17NO5S2. The minimum atomic E-state index is -1.05. The van der Waals surface area contributed by atoms with Crippen molar-refractivity contribution in [2.75, 3.05) is 12.0 Å². The van der Waals surface area contributed by atoms with Gasteiger partial charge in [-0.25, -0.2) is 4.79 Å². The highest BCUT2D eigenvalue weighted by molar-refractivity contribution is 8.27. The first-order chi connectivity index (χ1) is 13.4. The lowest BCUT2D eigenvalue weighted by atomic mass is 10.2. The Morgan fingerprint density at radius 2 is 1.93 bits per heavy atom. The molecule has 6 nitrogen and oxygen atoms in total. The van der Waals surface area contributed by atoms with Gasteiger partial charge in [0, 0.05) is 6.07 Å². The van der Waals surface area contributed by atoms with Crippen LogP contribution < -0.4 is 14.4 Å². The summed E-state index contributed by atoms with van der Waals surface area (Å²) < 4.78 is 11.0. The maximum absolute atomic E-state index is 12.9. The lowest BCUT2D eigenvalue weighted by molar-refractivity contribution is -0.144. The molecule has 1 unspecified atom stereocenters. The van der Waals surface area contributed by atoms with Gasteiger partial charge >= 0.3 is 5.97 Å². The summed E-state index contributed by atoms with van der Waals surface area (Å²) in [6.45, 7) is 1.45. The predicted molar refractivity (Wildman–Crippen MR) is 113 cm³/mol. The Morgan fingerprint density at radius 1 is 1.21 bits per heavy atom. The largest absolute Gasteiger partial charge is 0.497 e. The molecular weight excluding hydrogens is 398 g/mol. The van der Waals surface area contributed by atoms with Crippen LogP contribution in [-0.4, -0.2) is 34.5 Å². The van der Waals surface area contributed by atoms with E-state index in [4.69, 9.17) is 26.8 Å². The number of anilines is 1. The van der Waals surface area contributed by atoms with Crippen molar-refractivity contribution in [3.63, 3.8) is 0 Å². The fourth-order valence-corrected chi connectivity index (χ4v) is 3.82. The third kappa shape index (κ3) is 4.35. The van der Waals surface area contributed by atoms with E-state index in [-0.39, 0.29) is 5.91 Å². The topological polar surface area (TPSA) is 76.1 Å². The number of benzene rings is 2. The highest BCUT2D eigenvalue weighted by Crippen LogP contribution is 2.37. The average molecular weight is 415 g/mol. The van der Waals surface area contributed by atoms with Gasteiger partial charge in [0.05, 0.1) is 17.7 Å². The Balaban J connectivity index is 1.84. The molecule has 144 valence electrons. The van der Waals surface area contributed by atoms with Gasteiger partial charge < -0.3 is 14.6 Å². The predicted octanol–water partition coefficient (Wildman–Crippen LogP) is 3.95. The molecule has 0 bridgehead atoms. The number of thioether (sulfide) groups is 1. The van der Waals surface area contributed by atoms with E-state index in [0.717, 1.165) is 0 Å². The fourth-order valence-electron chi connectivity index (χ4n) is 2.52. The van der Waals surface area contributed by atoms with Crippen molar-refractivity contribution in [3.05, 3.63) is 59.0 Å². The molecule has 1 N–H and O–H groups in total. The minimum absolute atomic E-state index is 0.228. The van der Waals surface area contributed by atoms with E-state index in [1.54, 1.807) is 61.7 Å². The lowest BCUT2D eigenvalue weighted by Gasteiger charge is -2.15. The van der Waals surface area contributed by atoms with E-state index >= 15 is 0 Å². The second kappa shape index (κ2) is 8.45.